The molecule has 0 N–H and O–H groups in total. The van der Waals surface area contributed by atoms with Gasteiger partial charge < -0.3 is 9.32 Å². The highest BCUT2D eigenvalue weighted by molar-refractivity contribution is 7.01. The topological polar surface area (TPSA) is 19.6 Å². The maximum Gasteiger partial charge on any atom is 0.257 e. The van der Waals surface area contributed by atoms with Gasteiger partial charge in [0.15, 0.2) is 0 Å². The van der Waals surface area contributed by atoms with E-state index in [4.69, 9.17) is 4.42 Å². The molecule has 3 nitrogen and oxygen atoms in total. The number of benzene rings is 8. The zero-order valence-corrected chi connectivity index (χ0v) is 46.0. The summed E-state index contributed by atoms with van der Waals surface area (Å²) in [6.07, 6.45) is 2.27. The van der Waals surface area contributed by atoms with Gasteiger partial charge in [0.25, 0.3) is 6.71 Å². The molecule has 9 aromatic rings. The van der Waals surface area contributed by atoms with Gasteiger partial charge in [-0.1, -0.05) is 205 Å². The van der Waals surface area contributed by atoms with Gasteiger partial charge in [-0.2, -0.15) is 0 Å². The predicted octanol–water partition coefficient (Wildman–Crippen LogP) is 17.8. The summed E-state index contributed by atoms with van der Waals surface area (Å²) in [5.74, 6) is 0.907. The molecule has 0 atom stereocenters. The SMILES string of the molecule is CC(C)(C)c1ccc(N2c3cc(C(C)(C)C)cc4c3B(c3cc(-c5ccccc5)ccc3N4c3c(-c4ccccc4)cc(C(C)(C)C)cc3-c3ccccc3)c3c2oc2cc4c(cc32)C(C)(C)CCC4(C)C)cc1. The van der Waals surface area contributed by atoms with Crippen LogP contribution in [0.2, 0.25) is 0 Å². The third-order valence-electron chi connectivity index (χ3n) is 17.0. The quantitative estimate of drug-likeness (QED) is 0.160. The maximum absolute atomic E-state index is 7.61. The normalized spacial score (nSPS) is 15.7. The van der Waals surface area contributed by atoms with Gasteiger partial charge in [0.1, 0.15) is 5.58 Å². The van der Waals surface area contributed by atoms with E-state index in [2.05, 4.69) is 270 Å². The fourth-order valence-corrected chi connectivity index (χ4v) is 12.4. The Kier molecular flexibility index (Phi) is 10.8. The molecule has 0 unspecified atom stereocenters. The number of hydrogen-bond acceptors (Lipinski definition) is 3. The highest BCUT2D eigenvalue weighted by atomic mass is 16.4. The van der Waals surface area contributed by atoms with Crippen molar-refractivity contribution in [3.05, 3.63) is 198 Å². The number of fused-ring (bicyclic) bond motifs is 7. The molecule has 370 valence electrons. The Morgan fingerprint density at radius 2 is 0.919 bits per heavy atom. The van der Waals surface area contributed by atoms with Crippen LogP contribution in [0.25, 0.3) is 44.3 Å². The van der Waals surface area contributed by atoms with E-state index in [1.165, 1.54) is 100 Å². The first-order chi connectivity index (χ1) is 35.1. The van der Waals surface area contributed by atoms with Gasteiger partial charge >= 0.3 is 0 Å². The summed E-state index contributed by atoms with van der Waals surface area (Å²) in [7, 11) is 0. The third-order valence-corrected chi connectivity index (χ3v) is 17.0. The minimum Gasteiger partial charge on any atom is -0.440 e. The molecule has 8 aromatic carbocycles. The van der Waals surface area contributed by atoms with Gasteiger partial charge in [0, 0.05) is 44.7 Å². The molecular formula is C70H71BN2O. The van der Waals surface area contributed by atoms with E-state index in [1.807, 2.05) is 0 Å². The van der Waals surface area contributed by atoms with Crippen LogP contribution in [0, 0.1) is 0 Å². The lowest BCUT2D eigenvalue weighted by Gasteiger charge is -2.45. The highest BCUT2D eigenvalue weighted by Crippen LogP contribution is 2.54. The Morgan fingerprint density at radius 3 is 1.45 bits per heavy atom. The number of furan rings is 1. The van der Waals surface area contributed by atoms with Crippen molar-refractivity contribution in [2.24, 2.45) is 0 Å². The van der Waals surface area contributed by atoms with E-state index >= 15 is 0 Å². The monoisotopic (exact) mass is 967 g/mol. The third kappa shape index (κ3) is 7.77. The van der Waals surface area contributed by atoms with Crippen molar-refractivity contribution in [2.45, 2.75) is 130 Å². The van der Waals surface area contributed by atoms with Gasteiger partial charge in [0.05, 0.1) is 5.69 Å². The molecule has 3 heterocycles. The second-order valence-electron chi connectivity index (χ2n) is 26.1. The van der Waals surface area contributed by atoms with Crippen molar-refractivity contribution < 1.29 is 4.42 Å². The van der Waals surface area contributed by atoms with Crippen molar-refractivity contribution in [1.29, 1.82) is 0 Å². The van der Waals surface area contributed by atoms with Crippen molar-refractivity contribution in [2.75, 3.05) is 9.80 Å². The second kappa shape index (κ2) is 16.7. The van der Waals surface area contributed by atoms with Crippen molar-refractivity contribution >= 4 is 68.4 Å². The molecule has 0 amide bonds. The number of nitrogens with zero attached hydrogens (tertiary/aromatic N) is 2. The van der Waals surface area contributed by atoms with Gasteiger partial charge in [-0.15, -0.1) is 0 Å². The molecule has 0 spiro atoms. The van der Waals surface area contributed by atoms with Crippen LogP contribution in [-0.2, 0) is 27.1 Å². The van der Waals surface area contributed by atoms with Crippen LogP contribution < -0.4 is 26.2 Å². The molecule has 1 aliphatic carbocycles. The largest absolute Gasteiger partial charge is 0.440 e. The zero-order chi connectivity index (χ0) is 51.9. The fourth-order valence-electron chi connectivity index (χ4n) is 12.4. The van der Waals surface area contributed by atoms with Crippen LogP contribution >= 0.6 is 0 Å². The van der Waals surface area contributed by atoms with Crippen LogP contribution in [0.5, 0.6) is 0 Å². The average molecular weight is 967 g/mol. The molecule has 0 fully saturated rings. The molecule has 0 saturated heterocycles. The van der Waals surface area contributed by atoms with Crippen LogP contribution in [0.4, 0.5) is 34.3 Å². The van der Waals surface area contributed by atoms with Gasteiger partial charge in [-0.25, -0.2) is 0 Å². The maximum atomic E-state index is 7.61. The van der Waals surface area contributed by atoms with Gasteiger partial charge in [-0.3, -0.25) is 4.90 Å². The summed E-state index contributed by atoms with van der Waals surface area (Å²) in [5.41, 5.74) is 24.2. The molecule has 1 aromatic heterocycles. The molecule has 74 heavy (non-hydrogen) atoms. The molecule has 4 heteroatoms. The Balaban J connectivity index is 1.27. The molecule has 0 bridgehead atoms. The Hall–Kier alpha value is -7.04. The van der Waals surface area contributed by atoms with E-state index in [-0.39, 0.29) is 33.8 Å². The van der Waals surface area contributed by atoms with E-state index < -0.39 is 0 Å². The number of hydrogen-bond donors (Lipinski definition) is 0. The predicted molar refractivity (Wildman–Crippen MR) is 318 cm³/mol. The Labute approximate surface area is 441 Å². The van der Waals surface area contributed by atoms with Crippen LogP contribution in [0.1, 0.15) is 131 Å². The molecule has 0 radical (unpaired) electrons. The van der Waals surface area contributed by atoms with E-state index in [0.717, 1.165) is 35.7 Å². The lowest BCUT2D eigenvalue weighted by molar-refractivity contribution is 0.332. The first-order valence-electron chi connectivity index (χ1n) is 27.1. The van der Waals surface area contributed by atoms with Gasteiger partial charge in [0.2, 0.25) is 5.88 Å². The summed E-state index contributed by atoms with van der Waals surface area (Å²) in [6, 6.07) is 64.8. The molecule has 2 aliphatic heterocycles. The average Bonchev–Trinajstić information content (AvgIpc) is 3.76. The molecule has 12 rings (SSSR count). The molecule has 0 saturated carbocycles. The Morgan fingerprint density at radius 1 is 0.432 bits per heavy atom. The van der Waals surface area contributed by atoms with E-state index in [0.29, 0.717) is 0 Å². The summed E-state index contributed by atoms with van der Waals surface area (Å²) in [6.45, 7) is 30.6. The summed E-state index contributed by atoms with van der Waals surface area (Å²) < 4.78 is 7.61. The van der Waals surface area contributed by atoms with Crippen molar-refractivity contribution in [1.82, 2.24) is 0 Å². The number of anilines is 6. The number of rotatable bonds is 5. The first-order valence-corrected chi connectivity index (χ1v) is 27.1. The van der Waals surface area contributed by atoms with Crippen LogP contribution in [0.3, 0.4) is 0 Å². The standard InChI is InChI=1S/C70H71BN2O/c1-66(2,3)48-30-32-51(33-31-48)72-59-40-50(68(7,8)9)41-60-63(59)71(62-54-42-55-56(43-61(54)74-65(62)72)70(12,13)36-35-69(55,10)11)57-37-47(44-23-17-14-18-24-44)29-34-58(57)73(60)64-52(45-25-19-15-20-26-45)38-49(67(4,5)6)39-53(64)46-27-21-16-22-28-46/h14-34,37-43H,35-36H2,1-13H3. The lowest BCUT2D eigenvalue weighted by atomic mass is 9.33. The zero-order valence-electron chi connectivity index (χ0n) is 46.0. The van der Waals surface area contributed by atoms with Crippen molar-refractivity contribution in [3.8, 4) is 33.4 Å². The summed E-state index contributed by atoms with van der Waals surface area (Å²) in [4.78, 5) is 5.16. The lowest BCUT2D eigenvalue weighted by Crippen LogP contribution is -2.61. The smallest absolute Gasteiger partial charge is 0.257 e. The fraction of sp³-hybridized carbons (Fsp3) is 0.286. The molecule has 3 aliphatic rings. The second-order valence-corrected chi connectivity index (χ2v) is 26.1. The molecular weight excluding hydrogens is 896 g/mol. The van der Waals surface area contributed by atoms with E-state index in [9.17, 15) is 0 Å². The minimum absolute atomic E-state index is 0.00380. The van der Waals surface area contributed by atoms with Crippen LogP contribution in [-0.4, -0.2) is 6.71 Å². The van der Waals surface area contributed by atoms with E-state index in [1.54, 1.807) is 0 Å². The van der Waals surface area contributed by atoms with Crippen LogP contribution in [0.15, 0.2) is 174 Å². The van der Waals surface area contributed by atoms with Gasteiger partial charge in [-0.05, 0) is 156 Å². The highest BCUT2D eigenvalue weighted by Gasteiger charge is 2.49. The minimum atomic E-state index is -0.198. The first kappa shape index (κ1) is 47.9. The van der Waals surface area contributed by atoms with Crippen molar-refractivity contribution in [3.63, 3.8) is 0 Å². The summed E-state index contributed by atoms with van der Waals surface area (Å²) in [5, 5.41) is 1.20. The summed E-state index contributed by atoms with van der Waals surface area (Å²) >= 11 is 0. The Bertz CT molecular complexity index is 3590.